The molecule has 0 radical (unpaired) electrons. The summed E-state index contributed by atoms with van der Waals surface area (Å²) in [5, 5.41) is 2.75. The van der Waals surface area contributed by atoms with Crippen LogP contribution in [-0.4, -0.2) is 24.9 Å². The minimum atomic E-state index is -0.132. The van der Waals surface area contributed by atoms with E-state index in [2.05, 4.69) is 21.2 Å². The van der Waals surface area contributed by atoms with Crippen LogP contribution in [-0.2, 0) is 0 Å². The molecule has 0 aromatic heterocycles. The van der Waals surface area contributed by atoms with Crippen molar-refractivity contribution >= 4 is 33.4 Å². The van der Waals surface area contributed by atoms with E-state index in [1.807, 2.05) is 6.92 Å². The van der Waals surface area contributed by atoms with Crippen molar-refractivity contribution in [3.63, 3.8) is 0 Å². The van der Waals surface area contributed by atoms with Crippen molar-refractivity contribution in [2.45, 2.75) is 18.7 Å². The van der Waals surface area contributed by atoms with Crippen LogP contribution in [0.25, 0.3) is 0 Å². The van der Waals surface area contributed by atoms with Gasteiger partial charge in [0.2, 0.25) is 0 Å². The Hall–Kier alpha value is -0.740. The van der Waals surface area contributed by atoms with E-state index in [1.165, 1.54) is 0 Å². The smallest absolute Gasteiger partial charge is 0.251 e. The number of ether oxygens (including phenoxy) is 1. The number of amides is 1. The fourth-order valence-corrected chi connectivity index (χ4v) is 1.88. The van der Waals surface area contributed by atoms with Gasteiger partial charge in [-0.05, 0) is 40.5 Å². The molecule has 1 N–H and O–H groups in total. The molecule has 0 bridgehead atoms. The Morgan fingerprint density at radius 1 is 1.59 bits per heavy atom. The van der Waals surface area contributed by atoms with Gasteiger partial charge in [0.1, 0.15) is 5.75 Å². The summed E-state index contributed by atoms with van der Waals surface area (Å²) in [6, 6.07) is 5.19. The lowest BCUT2D eigenvalue weighted by molar-refractivity contribution is 0.0953. The third-order valence-electron chi connectivity index (χ3n) is 2.34. The lowest BCUT2D eigenvalue weighted by atomic mass is 10.2. The maximum Gasteiger partial charge on any atom is 0.251 e. The molecule has 0 saturated heterocycles. The highest BCUT2D eigenvalue weighted by Crippen LogP contribution is 2.25. The summed E-state index contributed by atoms with van der Waals surface area (Å²) in [7, 11) is 1.58. The molecule has 0 fully saturated rings. The second-order valence-electron chi connectivity index (χ2n) is 3.56. The van der Waals surface area contributed by atoms with E-state index in [-0.39, 0.29) is 11.3 Å². The van der Waals surface area contributed by atoms with Crippen LogP contribution in [0.5, 0.6) is 5.75 Å². The third-order valence-corrected chi connectivity index (χ3v) is 3.42. The molecule has 0 aliphatic heterocycles. The van der Waals surface area contributed by atoms with Gasteiger partial charge in [-0.2, -0.15) is 0 Å². The Bertz CT molecular complexity index is 398. The van der Waals surface area contributed by atoms with E-state index in [0.717, 1.165) is 10.9 Å². The number of alkyl halides is 1. The summed E-state index contributed by atoms with van der Waals surface area (Å²) in [5.41, 5.74) is 0.581. The van der Waals surface area contributed by atoms with E-state index in [4.69, 9.17) is 16.3 Å². The minimum Gasteiger partial charge on any atom is -0.496 e. The second kappa shape index (κ2) is 6.87. The quantitative estimate of drug-likeness (QED) is 0.846. The van der Waals surface area contributed by atoms with Crippen molar-refractivity contribution in [2.75, 3.05) is 13.7 Å². The number of halogens is 2. The Labute approximate surface area is 115 Å². The van der Waals surface area contributed by atoms with E-state index in [1.54, 1.807) is 25.3 Å². The predicted octanol–water partition coefficient (Wildman–Crippen LogP) is 3.20. The number of methoxy groups -OCH3 is 1. The largest absolute Gasteiger partial charge is 0.496 e. The summed E-state index contributed by atoms with van der Waals surface area (Å²) >= 11 is 9.27. The topological polar surface area (TPSA) is 38.3 Å². The highest BCUT2D eigenvalue weighted by atomic mass is 79.9. The number of carbonyl (C=O) groups is 1. The van der Waals surface area contributed by atoms with Crippen LogP contribution in [0.2, 0.25) is 0 Å². The van der Waals surface area contributed by atoms with Crippen molar-refractivity contribution in [2.24, 2.45) is 0 Å². The van der Waals surface area contributed by atoms with Gasteiger partial charge >= 0.3 is 0 Å². The van der Waals surface area contributed by atoms with Crippen LogP contribution >= 0.6 is 27.5 Å². The molecule has 1 rings (SSSR count). The zero-order valence-electron chi connectivity index (χ0n) is 9.80. The molecule has 5 heteroatoms. The van der Waals surface area contributed by atoms with E-state index in [0.29, 0.717) is 17.9 Å². The van der Waals surface area contributed by atoms with Gasteiger partial charge in [0.15, 0.2) is 0 Å². The third kappa shape index (κ3) is 4.21. The molecule has 0 spiro atoms. The van der Waals surface area contributed by atoms with E-state index in [9.17, 15) is 4.79 Å². The highest BCUT2D eigenvalue weighted by Gasteiger charge is 2.10. The summed E-state index contributed by atoms with van der Waals surface area (Å²) < 4.78 is 5.85. The van der Waals surface area contributed by atoms with Gasteiger partial charge in [0.05, 0.1) is 17.0 Å². The van der Waals surface area contributed by atoms with Crippen LogP contribution in [0.3, 0.4) is 0 Å². The van der Waals surface area contributed by atoms with Crippen molar-refractivity contribution in [1.82, 2.24) is 5.32 Å². The van der Waals surface area contributed by atoms with Crippen LogP contribution < -0.4 is 10.1 Å². The first-order valence-electron chi connectivity index (χ1n) is 5.34. The maximum absolute atomic E-state index is 11.8. The van der Waals surface area contributed by atoms with Crippen LogP contribution in [0, 0.1) is 0 Å². The fourth-order valence-electron chi connectivity index (χ4n) is 1.26. The van der Waals surface area contributed by atoms with E-state index >= 15 is 0 Å². The number of hydrogen-bond donors (Lipinski definition) is 1. The molecule has 1 aromatic rings. The molecular weight excluding hydrogens is 305 g/mol. The second-order valence-corrected chi connectivity index (χ2v) is 5.04. The zero-order valence-corrected chi connectivity index (χ0v) is 12.1. The molecule has 3 nitrogen and oxygen atoms in total. The first-order chi connectivity index (χ1) is 8.08. The summed E-state index contributed by atoms with van der Waals surface area (Å²) in [6.07, 6.45) is 0.828. The molecule has 1 unspecified atom stereocenters. The summed E-state index contributed by atoms with van der Waals surface area (Å²) in [4.78, 5) is 11.8. The monoisotopic (exact) mass is 319 g/mol. The van der Waals surface area contributed by atoms with Gasteiger partial charge in [0.25, 0.3) is 5.91 Å². The van der Waals surface area contributed by atoms with Crippen LogP contribution in [0.1, 0.15) is 23.7 Å². The fraction of sp³-hybridized carbons (Fsp3) is 0.417. The Balaban J connectivity index is 2.66. The van der Waals surface area contributed by atoms with Gasteiger partial charge < -0.3 is 10.1 Å². The number of nitrogens with one attached hydrogen (secondary N) is 1. The average Bonchev–Trinajstić information content (AvgIpc) is 2.35. The summed E-state index contributed by atoms with van der Waals surface area (Å²) in [5.74, 6) is 0.567. The van der Waals surface area contributed by atoms with Crippen molar-refractivity contribution < 1.29 is 9.53 Å². The Morgan fingerprint density at radius 3 is 2.82 bits per heavy atom. The SMILES string of the molecule is CCC(Cl)CNC(=O)c1ccc(OC)c(Br)c1. The minimum absolute atomic E-state index is 0.0272. The van der Waals surface area contributed by atoms with Crippen molar-refractivity contribution in [3.05, 3.63) is 28.2 Å². The molecular formula is C12H15BrClNO2. The molecule has 0 saturated carbocycles. The zero-order chi connectivity index (χ0) is 12.8. The van der Waals surface area contributed by atoms with Gasteiger partial charge in [0, 0.05) is 12.1 Å². The van der Waals surface area contributed by atoms with Crippen LogP contribution in [0.4, 0.5) is 0 Å². The number of carbonyl (C=O) groups excluding carboxylic acids is 1. The molecule has 1 atom stereocenters. The lowest BCUT2D eigenvalue weighted by Crippen LogP contribution is -2.29. The lowest BCUT2D eigenvalue weighted by Gasteiger charge is -2.09. The Morgan fingerprint density at radius 2 is 2.29 bits per heavy atom. The number of hydrogen-bond acceptors (Lipinski definition) is 2. The first kappa shape index (κ1) is 14.3. The van der Waals surface area contributed by atoms with Crippen molar-refractivity contribution in [3.8, 4) is 5.75 Å². The van der Waals surface area contributed by atoms with E-state index < -0.39 is 0 Å². The van der Waals surface area contributed by atoms with Gasteiger partial charge in [-0.15, -0.1) is 11.6 Å². The number of rotatable bonds is 5. The molecule has 0 aliphatic rings. The Kier molecular flexibility index (Phi) is 5.78. The van der Waals surface area contributed by atoms with Gasteiger partial charge in [-0.1, -0.05) is 6.92 Å². The highest BCUT2D eigenvalue weighted by molar-refractivity contribution is 9.10. The normalized spacial score (nSPS) is 12.0. The van der Waals surface area contributed by atoms with Gasteiger partial charge in [-0.3, -0.25) is 4.79 Å². The standard InChI is InChI=1S/C12H15BrClNO2/c1-3-9(14)7-15-12(16)8-4-5-11(17-2)10(13)6-8/h4-6,9H,3,7H2,1-2H3,(H,15,16). The average molecular weight is 321 g/mol. The molecule has 17 heavy (non-hydrogen) atoms. The first-order valence-corrected chi connectivity index (χ1v) is 6.57. The van der Waals surface area contributed by atoms with Crippen molar-refractivity contribution in [1.29, 1.82) is 0 Å². The molecule has 0 heterocycles. The summed E-state index contributed by atoms with van der Waals surface area (Å²) in [6.45, 7) is 2.45. The molecule has 1 amide bonds. The molecule has 94 valence electrons. The molecule has 0 aliphatic carbocycles. The maximum atomic E-state index is 11.8. The molecule has 1 aromatic carbocycles. The van der Waals surface area contributed by atoms with Gasteiger partial charge in [-0.25, -0.2) is 0 Å². The van der Waals surface area contributed by atoms with Crippen LogP contribution in [0.15, 0.2) is 22.7 Å². The predicted molar refractivity (Wildman–Crippen MR) is 73.0 cm³/mol. The number of benzene rings is 1.